The Morgan fingerprint density at radius 3 is 2.96 bits per heavy atom. The standard InChI is InChI=1S/C17H12N6O3/c1-21(17(24)13-3-2-4-15(8-13)23(25)26)19-10-14-11-20-22-6-5-12(9-18)7-16(14)22/h2-8,10-11H,1H3/b19-10+. The second kappa shape index (κ2) is 6.82. The fourth-order valence-corrected chi connectivity index (χ4v) is 2.31. The smallest absolute Gasteiger partial charge is 0.267 e. The number of fused-ring (bicyclic) bond motifs is 1. The number of hydrogen-bond acceptors (Lipinski definition) is 6. The number of aromatic nitrogens is 2. The maximum atomic E-state index is 12.4. The molecule has 0 unspecified atom stereocenters. The van der Waals surface area contributed by atoms with Gasteiger partial charge in [0.1, 0.15) is 0 Å². The molecule has 26 heavy (non-hydrogen) atoms. The van der Waals surface area contributed by atoms with Crippen LogP contribution in [0.4, 0.5) is 5.69 Å². The molecule has 0 N–H and O–H groups in total. The lowest BCUT2D eigenvalue weighted by molar-refractivity contribution is -0.384. The fourth-order valence-electron chi connectivity index (χ4n) is 2.31. The van der Waals surface area contributed by atoms with E-state index in [-0.39, 0.29) is 11.3 Å². The number of nitrogens with zero attached hydrogens (tertiary/aromatic N) is 6. The van der Waals surface area contributed by atoms with Gasteiger partial charge in [0.05, 0.1) is 34.5 Å². The van der Waals surface area contributed by atoms with E-state index in [0.29, 0.717) is 16.6 Å². The molecule has 0 spiro atoms. The summed E-state index contributed by atoms with van der Waals surface area (Å²) in [5.41, 5.74) is 1.77. The molecular weight excluding hydrogens is 336 g/mol. The van der Waals surface area contributed by atoms with Crippen molar-refractivity contribution < 1.29 is 9.72 Å². The predicted molar refractivity (Wildman–Crippen MR) is 92.7 cm³/mol. The highest BCUT2D eigenvalue weighted by Crippen LogP contribution is 2.15. The van der Waals surface area contributed by atoms with E-state index in [4.69, 9.17) is 5.26 Å². The molecule has 9 nitrogen and oxygen atoms in total. The quantitative estimate of drug-likeness (QED) is 0.407. The molecular formula is C17H12N6O3. The molecule has 2 heterocycles. The van der Waals surface area contributed by atoms with Gasteiger partial charge >= 0.3 is 0 Å². The minimum Gasteiger partial charge on any atom is -0.267 e. The number of non-ortho nitro benzene ring substituents is 1. The first-order chi connectivity index (χ1) is 12.5. The maximum Gasteiger partial charge on any atom is 0.273 e. The normalized spacial score (nSPS) is 10.8. The molecule has 0 aliphatic rings. The SMILES string of the molecule is CN(/N=C/c1cnn2ccc(C#N)cc12)C(=O)c1cccc([N+](=O)[O-])c1. The molecule has 0 bridgehead atoms. The molecule has 3 rings (SSSR count). The van der Waals surface area contributed by atoms with Gasteiger partial charge in [-0.15, -0.1) is 0 Å². The van der Waals surface area contributed by atoms with Gasteiger partial charge in [-0.25, -0.2) is 9.52 Å². The summed E-state index contributed by atoms with van der Waals surface area (Å²) in [6.07, 6.45) is 4.66. The zero-order chi connectivity index (χ0) is 18.7. The first kappa shape index (κ1) is 16.8. The van der Waals surface area contributed by atoms with Crippen molar-refractivity contribution in [2.75, 3.05) is 7.05 Å². The number of nitro groups is 1. The second-order valence-corrected chi connectivity index (χ2v) is 5.34. The van der Waals surface area contributed by atoms with Crippen LogP contribution in [0.3, 0.4) is 0 Å². The highest BCUT2D eigenvalue weighted by Gasteiger charge is 2.14. The van der Waals surface area contributed by atoms with Crippen LogP contribution in [0.5, 0.6) is 0 Å². The lowest BCUT2D eigenvalue weighted by Crippen LogP contribution is -2.21. The van der Waals surface area contributed by atoms with Crippen molar-refractivity contribution in [1.82, 2.24) is 14.6 Å². The summed E-state index contributed by atoms with van der Waals surface area (Å²) in [7, 11) is 1.45. The van der Waals surface area contributed by atoms with Gasteiger partial charge < -0.3 is 0 Å². The van der Waals surface area contributed by atoms with Gasteiger partial charge in [0.15, 0.2) is 0 Å². The minimum absolute atomic E-state index is 0.158. The van der Waals surface area contributed by atoms with Crippen molar-refractivity contribution in [3.8, 4) is 6.07 Å². The van der Waals surface area contributed by atoms with E-state index in [9.17, 15) is 14.9 Å². The molecule has 1 aromatic carbocycles. The summed E-state index contributed by atoms with van der Waals surface area (Å²) in [5.74, 6) is -0.487. The van der Waals surface area contributed by atoms with Gasteiger partial charge in [-0.3, -0.25) is 14.9 Å². The number of benzene rings is 1. The number of carbonyl (C=O) groups is 1. The highest BCUT2D eigenvalue weighted by atomic mass is 16.6. The van der Waals surface area contributed by atoms with Crippen LogP contribution in [-0.4, -0.2) is 38.7 Å². The molecule has 128 valence electrons. The van der Waals surface area contributed by atoms with Gasteiger partial charge in [-0.2, -0.15) is 15.5 Å². The monoisotopic (exact) mass is 348 g/mol. The zero-order valence-corrected chi connectivity index (χ0v) is 13.6. The van der Waals surface area contributed by atoms with E-state index in [2.05, 4.69) is 10.2 Å². The first-order valence-corrected chi connectivity index (χ1v) is 7.43. The molecule has 3 aromatic rings. The van der Waals surface area contributed by atoms with E-state index in [1.807, 2.05) is 6.07 Å². The van der Waals surface area contributed by atoms with Crippen molar-refractivity contribution in [2.24, 2.45) is 5.10 Å². The first-order valence-electron chi connectivity index (χ1n) is 7.43. The van der Waals surface area contributed by atoms with E-state index in [1.165, 1.54) is 37.5 Å². The third kappa shape index (κ3) is 3.25. The molecule has 0 saturated carbocycles. The summed E-state index contributed by atoms with van der Waals surface area (Å²) in [4.78, 5) is 22.6. The summed E-state index contributed by atoms with van der Waals surface area (Å²) in [5, 5.41) is 29.1. The molecule has 0 saturated heterocycles. The number of hydrazone groups is 1. The van der Waals surface area contributed by atoms with E-state index in [0.717, 1.165) is 5.01 Å². The molecule has 9 heteroatoms. The average Bonchev–Trinajstić information content (AvgIpc) is 3.07. The van der Waals surface area contributed by atoms with Crippen molar-refractivity contribution >= 4 is 23.3 Å². The van der Waals surface area contributed by atoms with E-state index in [1.54, 1.807) is 29.0 Å². The third-order valence-corrected chi connectivity index (χ3v) is 3.65. The van der Waals surface area contributed by atoms with Crippen molar-refractivity contribution in [3.63, 3.8) is 0 Å². The molecule has 1 amide bonds. The summed E-state index contributed by atoms with van der Waals surface area (Å²) in [6, 6.07) is 10.8. The molecule has 2 aromatic heterocycles. The molecule has 0 aliphatic carbocycles. The van der Waals surface area contributed by atoms with Gasteiger partial charge in [0, 0.05) is 36.5 Å². The topological polar surface area (TPSA) is 117 Å². The van der Waals surface area contributed by atoms with Crippen LogP contribution >= 0.6 is 0 Å². The van der Waals surface area contributed by atoms with Gasteiger partial charge in [-0.05, 0) is 18.2 Å². The molecule has 0 aliphatic heterocycles. The number of rotatable bonds is 4. The Hall–Kier alpha value is -4.06. The largest absolute Gasteiger partial charge is 0.273 e. The van der Waals surface area contributed by atoms with Gasteiger partial charge in [-0.1, -0.05) is 6.07 Å². The second-order valence-electron chi connectivity index (χ2n) is 5.34. The fraction of sp³-hybridized carbons (Fsp3) is 0.0588. The van der Waals surface area contributed by atoms with Gasteiger partial charge in [0.25, 0.3) is 11.6 Å². The molecule has 0 radical (unpaired) electrons. The van der Waals surface area contributed by atoms with E-state index >= 15 is 0 Å². The van der Waals surface area contributed by atoms with Crippen molar-refractivity contribution in [2.45, 2.75) is 0 Å². The van der Waals surface area contributed by atoms with Crippen LogP contribution in [0.25, 0.3) is 5.52 Å². The molecule has 0 atom stereocenters. The zero-order valence-electron chi connectivity index (χ0n) is 13.6. The summed E-state index contributed by atoms with van der Waals surface area (Å²) in [6.45, 7) is 0. The van der Waals surface area contributed by atoms with E-state index < -0.39 is 10.8 Å². The average molecular weight is 348 g/mol. The van der Waals surface area contributed by atoms with Crippen LogP contribution in [-0.2, 0) is 0 Å². The van der Waals surface area contributed by atoms with Crippen molar-refractivity contribution in [1.29, 1.82) is 5.26 Å². The number of pyridine rings is 1. The number of amides is 1. The maximum absolute atomic E-state index is 12.4. The van der Waals surface area contributed by atoms with Crippen LogP contribution in [0.2, 0.25) is 0 Å². The van der Waals surface area contributed by atoms with Crippen LogP contribution in [0.1, 0.15) is 21.5 Å². The predicted octanol–water partition coefficient (Wildman–Crippen LogP) is 2.22. The number of nitro benzene ring substituents is 1. The lowest BCUT2D eigenvalue weighted by atomic mass is 10.2. The summed E-state index contributed by atoms with van der Waals surface area (Å²) >= 11 is 0. The Bertz CT molecular complexity index is 1080. The van der Waals surface area contributed by atoms with Crippen molar-refractivity contribution in [3.05, 3.63) is 75.6 Å². The van der Waals surface area contributed by atoms with Crippen LogP contribution in [0, 0.1) is 21.4 Å². The number of nitriles is 1. The van der Waals surface area contributed by atoms with Gasteiger partial charge in [0.2, 0.25) is 0 Å². The summed E-state index contributed by atoms with van der Waals surface area (Å²) < 4.78 is 1.59. The van der Waals surface area contributed by atoms with Crippen LogP contribution < -0.4 is 0 Å². The number of hydrogen-bond donors (Lipinski definition) is 0. The molecule has 0 fully saturated rings. The number of carbonyl (C=O) groups excluding carboxylic acids is 1. The minimum atomic E-state index is -0.564. The van der Waals surface area contributed by atoms with Crippen LogP contribution in [0.15, 0.2) is 53.9 Å². The lowest BCUT2D eigenvalue weighted by Gasteiger charge is -2.10. The third-order valence-electron chi connectivity index (χ3n) is 3.65. The Labute approximate surface area is 147 Å². The Morgan fingerprint density at radius 1 is 1.42 bits per heavy atom. The highest BCUT2D eigenvalue weighted by molar-refractivity contribution is 5.96. The Morgan fingerprint density at radius 2 is 2.23 bits per heavy atom. The Balaban J connectivity index is 1.84. The Kier molecular flexibility index (Phi) is 4.40.